The Balaban J connectivity index is 4.39. The van der Waals surface area contributed by atoms with Crippen molar-refractivity contribution in [3.8, 4) is 0 Å². The number of hydrogen-bond donors (Lipinski definition) is 4. The van der Waals surface area contributed by atoms with Crippen molar-refractivity contribution < 1.29 is 66.8 Å². The Morgan fingerprint density at radius 2 is 0.686 bits per heavy atom. The average Bonchev–Trinajstić information content (AvgIpc) is 3.33. The maximum atomic E-state index is 12.3. The van der Waals surface area contributed by atoms with Crippen LogP contribution in [0.15, 0.2) is 20.3 Å². The lowest BCUT2D eigenvalue weighted by molar-refractivity contribution is -0.154. The van der Waals surface area contributed by atoms with Crippen LogP contribution in [0.2, 0.25) is 0 Å². The number of ether oxygens (including phenoxy) is 6. The van der Waals surface area contributed by atoms with Gasteiger partial charge in [0.05, 0.1) is 55.6 Å². The normalized spacial score (nSPS) is 14.3. The van der Waals surface area contributed by atoms with Gasteiger partial charge in [-0.15, -0.1) is 0 Å². The number of carbonyl (C=O) groups is 8. The summed E-state index contributed by atoms with van der Waals surface area (Å²) >= 11 is 0. The van der Waals surface area contributed by atoms with Crippen molar-refractivity contribution in [2.24, 2.45) is 20.3 Å². The summed E-state index contributed by atoms with van der Waals surface area (Å²) in [4.78, 5) is 103. The fourth-order valence-electron chi connectivity index (χ4n) is 5.65. The molecule has 4 unspecified atom stereocenters. The van der Waals surface area contributed by atoms with Crippen LogP contribution >= 0.6 is 0 Å². The molecule has 0 aromatic carbocycles. The summed E-state index contributed by atoms with van der Waals surface area (Å²) in [5.74, 6) is -5.85. The number of aliphatic imine (C=N–C) groups is 1. The van der Waals surface area contributed by atoms with Crippen molar-refractivity contribution in [1.29, 1.82) is 0 Å². The first-order valence-electron chi connectivity index (χ1n) is 24.1. The zero-order chi connectivity index (χ0) is 53.5. The van der Waals surface area contributed by atoms with Gasteiger partial charge in [0.2, 0.25) is 0 Å². The summed E-state index contributed by atoms with van der Waals surface area (Å²) < 4.78 is 32.6. The van der Waals surface area contributed by atoms with E-state index in [4.69, 9.17) is 33.4 Å². The Morgan fingerprint density at radius 3 is 0.957 bits per heavy atom. The van der Waals surface area contributed by atoms with E-state index in [0.29, 0.717) is 36.4 Å². The van der Waals surface area contributed by atoms with E-state index in [2.05, 4.69) is 57.7 Å². The average molecular weight is 995 g/mol. The van der Waals surface area contributed by atoms with E-state index < -0.39 is 71.5 Å². The van der Waals surface area contributed by atoms with E-state index in [-0.39, 0.29) is 82.9 Å². The lowest BCUT2D eigenvalue weighted by Gasteiger charge is -2.27. The molecule has 0 spiro atoms. The third-order valence-corrected chi connectivity index (χ3v) is 11.0. The van der Waals surface area contributed by atoms with Gasteiger partial charge in [-0.05, 0) is 121 Å². The molecular formula is C48H82N8O14. The van der Waals surface area contributed by atoms with E-state index >= 15 is 0 Å². The summed E-state index contributed by atoms with van der Waals surface area (Å²) in [6.45, 7) is 25.3. The Hall–Kier alpha value is -5.64. The van der Waals surface area contributed by atoms with Crippen LogP contribution in [0.5, 0.6) is 0 Å². The topological polar surface area (TPSA) is 289 Å². The number of hydrazone groups is 3. The highest BCUT2D eigenvalue weighted by Crippen LogP contribution is 2.20. The summed E-state index contributed by atoms with van der Waals surface area (Å²) in [6, 6.07) is 0. The lowest BCUT2D eigenvalue weighted by atomic mass is 9.95. The largest absolute Gasteiger partial charge is 0.463 e. The maximum absolute atomic E-state index is 12.3. The SMILES string of the molecule is CCC(C)(CC)N=C(C)CCC(=O)OCC(C)OC(C)COC(=O)CCC(C)=NNC(=O)C(=O)NN=C(C)CCC(=O)OCC(C)OC(C)COC(=O)CCC(C)=NNC(=O)C(=O)NC(C)(CC)CC. The lowest BCUT2D eigenvalue weighted by Crippen LogP contribution is -2.50. The van der Waals surface area contributed by atoms with E-state index in [9.17, 15) is 38.4 Å². The summed E-state index contributed by atoms with van der Waals surface area (Å²) in [7, 11) is 0. The molecule has 0 fully saturated rings. The van der Waals surface area contributed by atoms with Gasteiger partial charge in [-0.1, -0.05) is 27.7 Å². The Kier molecular flexibility index (Phi) is 31.8. The number of carbonyl (C=O) groups excluding carboxylic acids is 8. The van der Waals surface area contributed by atoms with Crippen LogP contribution in [0.25, 0.3) is 0 Å². The smallest absolute Gasteiger partial charge is 0.331 e. The van der Waals surface area contributed by atoms with Crippen molar-refractivity contribution in [1.82, 2.24) is 21.6 Å². The summed E-state index contributed by atoms with van der Waals surface area (Å²) in [5, 5.41) is 14.2. The van der Waals surface area contributed by atoms with Crippen LogP contribution in [0.3, 0.4) is 0 Å². The van der Waals surface area contributed by atoms with Gasteiger partial charge in [0.1, 0.15) is 26.4 Å². The number of amides is 4. The molecule has 22 nitrogen and oxygen atoms in total. The molecule has 4 amide bonds. The fraction of sp³-hybridized carbons (Fsp3) is 0.750. The molecular weight excluding hydrogens is 913 g/mol. The van der Waals surface area contributed by atoms with Crippen LogP contribution < -0.4 is 21.6 Å². The molecule has 0 saturated heterocycles. The van der Waals surface area contributed by atoms with E-state index in [1.165, 1.54) is 0 Å². The first-order chi connectivity index (χ1) is 32.8. The molecule has 0 aliphatic carbocycles. The summed E-state index contributed by atoms with van der Waals surface area (Å²) in [6.07, 6.45) is 2.25. The van der Waals surface area contributed by atoms with Crippen molar-refractivity contribution in [3.05, 3.63) is 0 Å². The van der Waals surface area contributed by atoms with Gasteiger partial charge in [0.15, 0.2) is 0 Å². The predicted octanol–water partition coefficient (Wildman–Crippen LogP) is 5.08. The standard InChI is InChI=1S/C48H82N8O14/c1-15-47(13,16-2)49-31(5)19-23-39(57)65-27-35(9)69-36(10)28-67-41(59)25-21-33(7)52-55-45(63)46(64)56-53-34(8)22-26-42(60)68-30-38(12)70-37(11)29-66-40(58)24-20-32(6)51-54-44(62)43(61)50-48(14,17-3)18-4/h35-38H,15-30H2,1-14H3,(H,50,61)(H,54,62)(H,55,63)(H,56,64). The van der Waals surface area contributed by atoms with Crippen LogP contribution in [-0.2, 0) is 66.8 Å². The highest BCUT2D eigenvalue weighted by Gasteiger charge is 2.26. The molecule has 0 heterocycles. The van der Waals surface area contributed by atoms with Crippen LogP contribution in [0.1, 0.15) is 174 Å². The van der Waals surface area contributed by atoms with Crippen LogP contribution in [0.4, 0.5) is 0 Å². The first kappa shape index (κ1) is 64.4. The van der Waals surface area contributed by atoms with E-state index in [0.717, 1.165) is 18.6 Å². The zero-order valence-electron chi connectivity index (χ0n) is 44.1. The number of nitrogens with one attached hydrogen (secondary N) is 4. The molecule has 0 aromatic heterocycles. The molecule has 0 rings (SSSR count). The first-order valence-corrected chi connectivity index (χ1v) is 24.1. The maximum Gasteiger partial charge on any atom is 0.331 e. The van der Waals surface area contributed by atoms with E-state index in [1.807, 2.05) is 27.7 Å². The van der Waals surface area contributed by atoms with Gasteiger partial charge in [-0.3, -0.25) is 43.3 Å². The molecule has 4 N–H and O–H groups in total. The number of hydrogen-bond acceptors (Lipinski definition) is 18. The fourth-order valence-corrected chi connectivity index (χ4v) is 5.65. The van der Waals surface area contributed by atoms with Gasteiger partial charge in [0.25, 0.3) is 0 Å². The molecule has 0 bridgehead atoms. The number of nitrogens with zero attached hydrogens (tertiary/aromatic N) is 4. The Morgan fingerprint density at radius 1 is 0.414 bits per heavy atom. The minimum atomic E-state index is -1.10. The Bertz CT molecular complexity index is 1840. The second kappa shape index (κ2) is 34.6. The minimum Gasteiger partial charge on any atom is -0.463 e. The highest BCUT2D eigenvalue weighted by atomic mass is 16.6. The molecule has 4 atom stereocenters. The molecule has 0 aromatic rings. The Labute approximate surface area is 414 Å². The quantitative estimate of drug-likeness (QED) is 0.0219. The molecule has 398 valence electrons. The molecule has 0 saturated carbocycles. The van der Waals surface area contributed by atoms with Crippen LogP contribution in [0, 0.1) is 0 Å². The minimum absolute atomic E-state index is 0.0185. The second-order valence-corrected chi connectivity index (χ2v) is 17.9. The molecule has 0 aliphatic rings. The predicted molar refractivity (Wildman–Crippen MR) is 264 cm³/mol. The van der Waals surface area contributed by atoms with Crippen LogP contribution in [-0.4, -0.2) is 132 Å². The van der Waals surface area contributed by atoms with Crippen molar-refractivity contribution in [2.75, 3.05) is 26.4 Å². The van der Waals surface area contributed by atoms with Crippen molar-refractivity contribution in [3.63, 3.8) is 0 Å². The molecule has 0 radical (unpaired) electrons. The number of rotatable bonds is 33. The third-order valence-electron chi connectivity index (χ3n) is 11.0. The zero-order valence-corrected chi connectivity index (χ0v) is 44.1. The van der Waals surface area contributed by atoms with Gasteiger partial charge in [-0.2, -0.15) is 15.3 Å². The monoisotopic (exact) mass is 995 g/mol. The second-order valence-electron chi connectivity index (χ2n) is 17.9. The molecule has 22 heteroatoms. The third kappa shape index (κ3) is 30.8. The van der Waals surface area contributed by atoms with E-state index in [1.54, 1.807) is 48.5 Å². The van der Waals surface area contributed by atoms with Gasteiger partial charge >= 0.3 is 47.5 Å². The van der Waals surface area contributed by atoms with Crippen molar-refractivity contribution >= 4 is 70.4 Å². The van der Waals surface area contributed by atoms with Gasteiger partial charge in [-0.25, -0.2) is 16.3 Å². The molecule has 0 aliphatic heterocycles. The highest BCUT2D eigenvalue weighted by molar-refractivity contribution is 6.35. The molecule has 70 heavy (non-hydrogen) atoms. The van der Waals surface area contributed by atoms with Gasteiger partial charge < -0.3 is 33.7 Å². The van der Waals surface area contributed by atoms with Gasteiger partial charge in [0, 0.05) is 28.4 Å². The number of esters is 4. The summed E-state index contributed by atoms with van der Waals surface area (Å²) in [5.41, 5.74) is 7.77. The van der Waals surface area contributed by atoms with Crippen molar-refractivity contribution in [2.45, 2.75) is 209 Å².